The number of ether oxygens (including phenoxy) is 2. The van der Waals surface area contributed by atoms with E-state index >= 15 is 0 Å². The summed E-state index contributed by atoms with van der Waals surface area (Å²) >= 11 is 0. The minimum atomic E-state index is -0.365. The number of benzene rings is 2. The largest absolute Gasteiger partial charge is 0.502 e. The highest BCUT2D eigenvalue weighted by molar-refractivity contribution is 6.01. The van der Waals surface area contributed by atoms with Crippen molar-refractivity contribution >= 4 is 11.6 Å². The van der Waals surface area contributed by atoms with Gasteiger partial charge in [-0.2, -0.15) is 5.10 Å². The molecule has 0 amide bonds. The monoisotopic (exact) mass is 459 g/mol. The summed E-state index contributed by atoms with van der Waals surface area (Å²) in [4.78, 5) is 13.6. The summed E-state index contributed by atoms with van der Waals surface area (Å²) in [5.74, 6) is 1.14. The molecule has 1 atom stereocenters. The van der Waals surface area contributed by atoms with Crippen LogP contribution in [0.2, 0.25) is 0 Å². The lowest BCUT2D eigenvalue weighted by molar-refractivity contribution is -0.118. The normalized spacial score (nSPS) is 18.7. The van der Waals surface area contributed by atoms with Crippen LogP contribution in [0.15, 0.2) is 53.7 Å². The number of aryl methyl sites for hydroxylation is 1. The van der Waals surface area contributed by atoms with Crippen LogP contribution in [-0.2, 0) is 4.79 Å². The van der Waals surface area contributed by atoms with Crippen molar-refractivity contribution in [1.29, 1.82) is 0 Å². The number of rotatable bonds is 4. The molecule has 0 saturated carbocycles. The fourth-order valence-electron chi connectivity index (χ4n) is 5.24. The van der Waals surface area contributed by atoms with E-state index in [1.807, 2.05) is 41.9 Å². The number of carbonyl (C=O) groups is 1. The second-order valence-electron chi connectivity index (χ2n) is 9.76. The Hall–Kier alpha value is -3.74. The molecule has 7 heteroatoms. The highest BCUT2D eigenvalue weighted by Gasteiger charge is 2.43. The average Bonchev–Trinajstić information content (AvgIpc) is 3.13. The molecule has 2 aliphatic rings. The summed E-state index contributed by atoms with van der Waals surface area (Å²) < 4.78 is 12.8. The Kier molecular flexibility index (Phi) is 5.15. The zero-order chi connectivity index (χ0) is 24.2. The van der Waals surface area contributed by atoms with Crippen LogP contribution >= 0.6 is 0 Å². The molecule has 0 unspecified atom stereocenters. The molecule has 3 aromatic rings. The highest BCUT2D eigenvalue weighted by atomic mass is 16.5. The fraction of sp³-hybridized carbons (Fsp3) is 0.333. The zero-order valence-electron chi connectivity index (χ0n) is 20.1. The number of ketones is 1. The van der Waals surface area contributed by atoms with Gasteiger partial charge in [-0.05, 0) is 48.6 Å². The first-order chi connectivity index (χ1) is 16.2. The number of para-hydroxylation sites is 1. The summed E-state index contributed by atoms with van der Waals surface area (Å²) in [5.41, 5.74) is 5.02. The molecule has 1 aliphatic heterocycles. The quantitative estimate of drug-likeness (QED) is 0.564. The third-order valence-electron chi connectivity index (χ3n) is 6.71. The maximum absolute atomic E-state index is 13.6. The molecule has 0 spiro atoms. The molecule has 7 nitrogen and oxygen atoms in total. The third-order valence-corrected chi connectivity index (χ3v) is 6.71. The Morgan fingerprint density at radius 1 is 1.09 bits per heavy atom. The number of methoxy groups -OCH3 is 2. The van der Waals surface area contributed by atoms with Crippen molar-refractivity contribution < 1.29 is 19.4 Å². The first-order valence-corrected chi connectivity index (χ1v) is 11.4. The van der Waals surface area contributed by atoms with Crippen molar-refractivity contribution in [3.05, 3.63) is 70.6 Å². The van der Waals surface area contributed by atoms with Crippen LogP contribution < -0.4 is 14.8 Å². The zero-order valence-corrected chi connectivity index (χ0v) is 20.1. The maximum Gasteiger partial charge on any atom is 0.200 e. The van der Waals surface area contributed by atoms with E-state index in [0.717, 1.165) is 46.0 Å². The molecule has 34 heavy (non-hydrogen) atoms. The van der Waals surface area contributed by atoms with Gasteiger partial charge in [0.2, 0.25) is 5.75 Å². The van der Waals surface area contributed by atoms with E-state index in [0.29, 0.717) is 17.9 Å². The van der Waals surface area contributed by atoms with Gasteiger partial charge in [-0.1, -0.05) is 32.0 Å². The number of nitrogens with zero attached hydrogens (tertiary/aromatic N) is 2. The van der Waals surface area contributed by atoms with Crippen LogP contribution in [0.5, 0.6) is 17.2 Å². The van der Waals surface area contributed by atoms with Crippen LogP contribution in [0.25, 0.3) is 5.69 Å². The highest BCUT2D eigenvalue weighted by Crippen LogP contribution is 2.52. The number of aromatic nitrogens is 2. The predicted octanol–water partition coefficient (Wildman–Crippen LogP) is 5.10. The molecule has 2 heterocycles. The molecule has 0 radical (unpaired) electrons. The third kappa shape index (κ3) is 3.43. The van der Waals surface area contributed by atoms with Crippen molar-refractivity contribution in [3.8, 4) is 22.9 Å². The molecular weight excluding hydrogens is 430 g/mol. The van der Waals surface area contributed by atoms with Gasteiger partial charge in [0, 0.05) is 29.2 Å². The second-order valence-corrected chi connectivity index (χ2v) is 9.76. The van der Waals surface area contributed by atoms with Crippen LogP contribution in [0, 0.1) is 12.3 Å². The van der Waals surface area contributed by atoms with Gasteiger partial charge < -0.3 is 19.9 Å². The number of hydrogen-bond donors (Lipinski definition) is 2. The number of aromatic hydroxyl groups is 1. The number of fused-ring (bicyclic) bond motifs is 1. The molecule has 176 valence electrons. The van der Waals surface area contributed by atoms with Crippen LogP contribution in [-0.4, -0.2) is 34.9 Å². The summed E-state index contributed by atoms with van der Waals surface area (Å²) in [7, 11) is 3.01. The van der Waals surface area contributed by atoms with Gasteiger partial charge in [0.1, 0.15) is 5.82 Å². The fourth-order valence-corrected chi connectivity index (χ4v) is 5.24. The van der Waals surface area contributed by atoms with Crippen molar-refractivity contribution in [2.45, 2.75) is 39.5 Å². The Morgan fingerprint density at radius 3 is 2.35 bits per heavy atom. The summed E-state index contributed by atoms with van der Waals surface area (Å²) in [6.07, 6.45) is 1.22. The molecule has 0 bridgehead atoms. The second kappa shape index (κ2) is 7.94. The van der Waals surface area contributed by atoms with Gasteiger partial charge in [0.15, 0.2) is 17.3 Å². The molecule has 0 fully saturated rings. The summed E-state index contributed by atoms with van der Waals surface area (Å²) in [5, 5.41) is 19.0. The van der Waals surface area contributed by atoms with Crippen LogP contribution in [0.1, 0.15) is 49.4 Å². The summed E-state index contributed by atoms with van der Waals surface area (Å²) in [6.45, 7) is 6.20. The smallest absolute Gasteiger partial charge is 0.200 e. The van der Waals surface area contributed by atoms with Gasteiger partial charge in [-0.15, -0.1) is 0 Å². The molecule has 1 aliphatic carbocycles. The van der Waals surface area contributed by atoms with Gasteiger partial charge in [-0.25, -0.2) is 4.68 Å². The number of anilines is 1. The number of phenolic OH excluding ortho intramolecular Hbond substituents is 1. The van der Waals surface area contributed by atoms with E-state index in [1.165, 1.54) is 14.2 Å². The number of nitrogens with one attached hydrogen (secondary N) is 1. The van der Waals surface area contributed by atoms with Crippen molar-refractivity contribution in [2.75, 3.05) is 19.5 Å². The van der Waals surface area contributed by atoms with Gasteiger partial charge in [-0.3, -0.25) is 4.79 Å². The molecule has 2 aromatic carbocycles. The van der Waals surface area contributed by atoms with E-state index in [2.05, 4.69) is 19.2 Å². The molecular formula is C27H29N3O4. The van der Waals surface area contributed by atoms with E-state index in [4.69, 9.17) is 14.6 Å². The Bertz CT molecular complexity index is 1300. The molecule has 1 aromatic heterocycles. The Morgan fingerprint density at radius 2 is 1.74 bits per heavy atom. The minimum Gasteiger partial charge on any atom is -0.502 e. The standard InChI is InChI=1S/C27H29N3O4/c1-15-22-23(16-11-20(33-4)25(32)21(12-16)34-5)24-18(13-27(2,3)14-19(24)31)28-26(22)30(29-15)17-9-7-6-8-10-17/h6-12,23,28,32H,13-14H2,1-5H3/t23-/m1/s1. The summed E-state index contributed by atoms with van der Waals surface area (Å²) in [6, 6.07) is 13.5. The number of allylic oxidation sites excluding steroid dienone is 2. The Labute approximate surface area is 199 Å². The maximum atomic E-state index is 13.6. The van der Waals surface area contributed by atoms with Gasteiger partial charge >= 0.3 is 0 Å². The van der Waals surface area contributed by atoms with Crippen LogP contribution in [0.3, 0.4) is 0 Å². The average molecular weight is 460 g/mol. The Balaban J connectivity index is 1.79. The number of hydrogen-bond acceptors (Lipinski definition) is 6. The van der Waals surface area contributed by atoms with Crippen molar-refractivity contribution in [2.24, 2.45) is 5.41 Å². The van der Waals surface area contributed by atoms with Crippen LogP contribution in [0.4, 0.5) is 5.82 Å². The van der Waals surface area contributed by atoms with E-state index in [-0.39, 0.29) is 22.9 Å². The van der Waals surface area contributed by atoms with Crippen molar-refractivity contribution in [3.63, 3.8) is 0 Å². The molecule has 5 rings (SSSR count). The lowest BCUT2D eigenvalue weighted by Gasteiger charge is -2.38. The van der Waals surface area contributed by atoms with Gasteiger partial charge in [0.25, 0.3) is 0 Å². The number of phenols is 1. The van der Waals surface area contributed by atoms with Crippen molar-refractivity contribution in [1.82, 2.24) is 9.78 Å². The topological polar surface area (TPSA) is 85.6 Å². The SMILES string of the molecule is COc1cc([C@H]2C3=C(CC(C)(C)CC3=O)Nc3c2c(C)nn3-c2ccccc2)cc(OC)c1O. The number of carbonyl (C=O) groups excluding carboxylic acids is 1. The first-order valence-electron chi connectivity index (χ1n) is 11.4. The number of Topliss-reactive ketones (excluding diaryl/α,β-unsaturated/α-hetero) is 1. The van der Waals surface area contributed by atoms with E-state index < -0.39 is 0 Å². The lowest BCUT2D eigenvalue weighted by atomic mass is 9.69. The molecule has 0 saturated heterocycles. The molecule has 2 N–H and O–H groups in total. The minimum absolute atomic E-state index is 0.0649. The van der Waals surface area contributed by atoms with E-state index in [1.54, 1.807) is 12.1 Å². The first kappa shape index (κ1) is 22.1. The van der Waals surface area contributed by atoms with E-state index in [9.17, 15) is 9.90 Å². The van der Waals surface area contributed by atoms with Gasteiger partial charge in [0.05, 0.1) is 25.6 Å². The predicted molar refractivity (Wildman–Crippen MR) is 130 cm³/mol. The lowest BCUT2D eigenvalue weighted by Crippen LogP contribution is -2.34.